The molecule has 1 atom stereocenters. The summed E-state index contributed by atoms with van der Waals surface area (Å²) in [5.74, 6) is 1.55. The zero-order chi connectivity index (χ0) is 17.5. The van der Waals surface area contributed by atoms with E-state index in [9.17, 15) is 4.79 Å². The van der Waals surface area contributed by atoms with Crippen molar-refractivity contribution in [3.63, 3.8) is 0 Å². The molecule has 1 aliphatic heterocycles. The summed E-state index contributed by atoms with van der Waals surface area (Å²) in [7, 11) is 1.61. The third-order valence-electron chi connectivity index (χ3n) is 4.22. The van der Waals surface area contributed by atoms with Crippen LogP contribution in [0.15, 0.2) is 42.6 Å². The van der Waals surface area contributed by atoms with Crippen LogP contribution in [-0.4, -0.2) is 48.9 Å². The van der Waals surface area contributed by atoms with Crippen LogP contribution in [0.2, 0.25) is 0 Å². The SMILES string of the molecule is COc1ccccc1NCC(=O)N[C@H]1CCCN(c2cccnn2)C1. The number of piperidine rings is 1. The van der Waals surface area contributed by atoms with Crippen molar-refractivity contribution in [2.75, 3.05) is 37.0 Å². The Morgan fingerprint density at radius 2 is 2.20 bits per heavy atom. The molecule has 7 nitrogen and oxygen atoms in total. The molecule has 1 aromatic heterocycles. The number of methoxy groups -OCH3 is 1. The van der Waals surface area contributed by atoms with Gasteiger partial charge in [-0.25, -0.2) is 0 Å². The maximum atomic E-state index is 12.3. The Morgan fingerprint density at radius 3 is 3.00 bits per heavy atom. The van der Waals surface area contributed by atoms with Gasteiger partial charge in [0.1, 0.15) is 5.75 Å². The number of hydrogen-bond acceptors (Lipinski definition) is 6. The van der Waals surface area contributed by atoms with E-state index in [1.165, 1.54) is 0 Å². The van der Waals surface area contributed by atoms with Crippen LogP contribution in [0, 0.1) is 0 Å². The molecule has 0 unspecified atom stereocenters. The van der Waals surface area contributed by atoms with Gasteiger partial charge in [-0.15, -0.1) is 5.10 Å². The zero-order valence-electron chi connectivity index (χ0n) is 14.3. The topological polar surface area (TPSA) is 79.4 Å². The molecule has 132 valence electrons. The molecule has 25 heavy (non-hydrogen) atoms. The summed E-state index contributed by atoms with van der Waals surface area (Å²) in [5.41, 5.74) is 0.810. The van der Waals surface area contributed by atoms with E-state index in [1.807, 2.05) is 36.4 Å². The van der Waals surface area contributed by atoms with E-state index in [2.05, 4.69) is 25.7 Å². The molecule has 0 radical (unpaired) electrons. The molecule has 3 rings (SSSR count). The first-order valence-corrected chi connectivity index (χ1v) is 8.45. The Labute approximate surface area is 147 Å². The number of carbonyl (C=O) groups excluding carboxylic acids is 1. The van der Waals surface area contributed by atoms with E-state index in [0.717, 1.165) is 43.2 Å². The molecule has 1 saturated heterocycles. The predicted molar refractivity (Wildman–Crippen MR) is 96.9 cm³/mol. The van der Waals surface area contributed by atoms with Crippen molar-refractivity contribution in [2.24, 2.45) is 0 Å². The summed E-state index contributed by atoms with van der Waals surface area (Å²) in [6.45, 7) is 1.89. The lowest BCUT2D eigenvalue weighted by molar-refractivity contribution is -0.120. The van der Waals surface area contributed by atoms with Gasteiger partial charge in [0.2, 0.25) is 5.91 Å². The monoisotopic (exact) mass is 341 g/mol. The second-order valence-electron chi connectivity index (χ2n) is 5.99. The van der Waals surface area contributed by atoms with E-state index in [0.29, 0.717) is 0 Å². The molecule has 1 aromatic carbocycles. The lowest BCUT2D eigenvalue weighted by Gasteiger charge is -2.33. The van der Waals surface area contributed by atoms with Crippen molar-refractivity contribution < 1.29 is 9.53 Å². The van der Waals surface area contributed by atoms with Crippen LogP contribution in [0.3, 0.4) is 0 Å². The lowest BCUT2D eigenvalue weighted by atomic mass is 10.1. The van der Waals surface area contributed by atoms with Gasteiger partial charge >= 0.3 is 0 Å². The number of carbonyl (C=O) groups is 1. The van der Waals surface area contributed by atoms with Gasteiger partial charge in [0.25, 0.3) is 0 Å². The Morgan fingerprint density at radius 1 is 1.32 bits per heavy atom. The maximum absolute atomic E-state index is 12.3. The van der Waals surface area contributed by atoms with Gasteiger partial charge in [-0.3, -0.25) is 4.79 Å². The summed E-state index contributed by atoms with van der Waals surface area (Å²) in [4.78, 5) is 14.4. The van der Waals surface area contributed by atoms with E-state index in [4.69, 9.17) is 4.74 Å². The lowest BCUT2D eigenvalue weighted by Crippen LogP contribution is -2.49. The molecule has 7 heteroatoms. The number of anilines is 2. The quantitative estimate of drug-likeness (QED) is 0.832. The smallest absolute Gasteiger partial charge is 0.239 e. The minimum atomic E-state index is -0.0306. The van der Waals surface area contributed by atoms with Gasteiger partial charge in [0, 0.05) is 25.3 Å². The van der Waals surface area contributed by atoms with E-state index in [1.54, 1.807) is 13.3 Å². The number of hydrogen-bond donors (Lipinski definition) is 2. The molecule has 1 amide bonds. The van der Waals surface area contributed by atoms with Crippen LogP contribution in [0.5, 0.6) is 5.75 Å². The summed E-state index contributed by atoms with van der Waals surface area (Å²) >= 11 is 0. The number of para-hydroxylation sites is 2. The van der Waals surface area contributed by atoms with E-state index in [-0.39, 0.29) is 18.5 Å². The molecule has 0 spiro atoms. The molecule has 1 aliphatic rings. The first-order chi connectivity index (χ1) is 12.3. The zero-order valence-corrected chi connectivity index (χ0v) is 14.3. The minimum absolute atomic E-state index is 0.0306. The molecule has 0 bridgehead atoms. The highest BCUT2D eigenvalue weighted by Crippen LogP contribution is 2.22. The average molecular weight is 341 g/mol. The van der Waals surface area contributed by atoms with Crippen LogP contribution < -0.4 is 20.3 Å². The fraction of sp³-hybridized carbons (Fsp3) is 0.389. The Kier molecular flexibility index (Phi) is 5.66. The Balaban J connectivity index is 1.51. The van der Waals surface area contributed by atoms with Gasteiger partial charge in [-0.2, -0.15) is 5.10 Å². The number of rotatable bonds is 6. The number of benzene rings is 1. The van der Waals surface area contributed by atoms with Crippen molar-refractivity contribution in [3.05, 3.63) is 42.6 Å². The van der Waals surface area contributed by atoms with Crippen molar-refractivity contribution in [3.8, 4) is 5.75 Å². The van der Waals surface area contributed by atoms with Crippen molar-refractivity contribution in [1.29, 1.82) is 0 Å². The van der Waals surface area contributed by atoms with Crippen LogP contribution >= 0.6 is 0 Å². The van der Waals surface area contributed by atoms with E-state index >= 15 is 0 Å². The molecule has 2 N–H and O–H groups in total. The highest BCUT2D eigenvalue weighted by molar-refractivity contribution is 5.81. The molecule has 1 fully saturated rings. The Bertz CT molecular complexity index is 695. The second-order valence-corrected chi connectivity index (χ2v) is 5.99. The summed E-state index contributed by atoms with van der Waals surface area (Å²) in [6.07, 6.45) is 3.65. The molecular formula is C18H23N5O2. The number of aromatic nitrogens is 2. The van der Waals surface area contributed by atoms with E-state index < -0.39 is 0 Å². The fourth-order valence-corrected chi connectivity index (χ4v) is 3.01. The van der Waals surface area contributed by atoms with Gasteiger partial charge < -0.3 is 20.3 Å². The number of nitrogens with one attached hydrogen (secondary N) is 2. The van der Waals surface area contributed by atoms with Gasteiger partial charge in [-0.1, -0.05) is 12.1 Å². The van der Waals surface area contributed by atoms with Gasteiger partial charge in [0.05, 0.1) is 19.3 Å². The molecule has 2 aromatic rings. The first-order valence-electron chi connectivity index (χ1n) is 8.45. The van der Waals surface area contributed by atoms with Crippen LogP contribution in [-0.2, 0) is 4.79 Å². The average Bonchev–Trinajstić information content (AvgIpc) is 2.67. The predicted octanol–water partition coefficient (Wildman–Crippen LogP) is 1.68. The molecule has 0 aliphatic carbocycles. The summed E-state index contributed by atoms with van der Waals surface area (Å²) < 4.78 is 5.28. The number of nitrogens with zero attached hydrogens (tertiary/aromatic N) is 3. The summed E-state index contributed by atoms with van der Waals surface area (Å²) in [6, 6.07) is 11.5. The molecule has 2 heterocycles. The minimum Gasteiger partial charge on any atom is -0.495 e. The molecular weight excluding hydrogens is 318 g/mol. The number of ether oxygens (including phenoxy) is 1. The summed E-state index contributed by atoms with van der Waals surface area (Å²) in [5, 5.41) is 14.3. The third kappa shape index (κ3) is 4.59. The second kappa shape index (κ2) is 8.32. The maximum Gasteiger partial charge on any atom is 0.239 e. The van der Waals surface area contributed by atoms with Gasteiger partial charge in [-0.05, 0) is 37.1 Å². The van der Waals surface area contributed by atoms with Crippen molar-refractivity contribution >= 4 is 17.4 Å². The molecule has 0 saturated carbocycles. The number of amides is 1. The standard InChI is InChI=1S/C18H23N5O2/c1-25-16-8-3-2-7-15(16)19-12-18(24)21-14-6-5-11-23(13-14)17-9-4-10-20-22-17/h2-4,7-10,14,19H,5-6,11-13H2,1H3,(H,21,24)/t14-/m0/s1. The van der Waals surface area contributed by atoms with Crippen LogP contribution in [0.4, 0.5) is 11.5 Å². The fourth-order valence-electron chi connectivity index (χ4n) is 3.01. The van der Waals surface area contributed by atoms with Crippen molar-refractivity contribution in [1.82, 2.24) is 15.5 Å². The van der Waals surface area contributed by atoms with Crippen molar-refractivity contribution in [2.45, 2.75) is 18.9 Å². The highest BCUT2D eigenvalue weighted by atomic mass is 16.5. The van der Waals surface area contributed by atoms with Crippen LogP contribution in [0.1, 0.15) is 12.8 Å². The van der Waals surface area contributed by atoms with Gasteiger partial charge in [0.15, 0.2) is 5.82 Å². The third-order valence-corrected chi connectivity index (χ3v) is 4.22. The largest absolute Gasteiger partial charge is 0.495 e. The Hall–Kier alpha value is -2.83. The van der Waals surface area contributed by atoms with Crippen LogP contribution in [0.25, 0.3) is 0 Å². The highest BCUT2D eigenvalue weighted by Gasteiger charge is 2.22. The normalized spacial score (nSPS) is 17.0. The first kappa shape index (κ1) is 17.0.